The van der Waals surface area contributed by atoms with Crippen LogP contribution in [0.25, 0.3) is 0 Å². The summed E-state index contributed by atoms with van der Waals surface area (Å²) in [6.07, 6.45) is 0. The molecule has 0 aliphatic heterocycles. The Kier molecular flexibility index (Phi) is 9.41. The fourth-order valence-corrected chi connectivity index (χ4v) is 1.78. The Morgan fingerprint density at radius 3 is 0.591 bits per heavy atom. The zero-order valence-electron chi connectivity index (χ0n) is 14.4. The molecule has 3 aromatic heterocycles. The smallest absolute Gasteiger partial charge is 0.665 e. The summed E-state index contributed by atoms with van der Waals surface area (Å²) in [4.78, 5) is 12.3. The van der Waals surface area contributed by atoms with Gasteiger partial charge in [0.15, 0.2) is 0 Å². The SMILES string of the molecule is Cc1ccc(C)[n-]1.Cc1ccc(C)[n-]1.Cc1ccc(C)[n-]1.[Al+3]. The van der Waals surface area contributed by atoms with Gasteiger partial charge in [0.2, 0.25) is 0 Å². The van der Waals surface area contributed by atoms with E-state index >= 15 is 0 Å². The van der Waals surface area contributed by atoms with Crippen molar-refractivity contribution >= 4 is 17.4 Å². The molecule has 0 amide bonds. The van der Waals surface area contributed by atoms with Gasteiger partial charge in [-0.15, -0.1) is 0 Å². The van der Waals surface area contributed by atoms with Gasteiger partial charge < -0.3 is 15.0 Å². The number of rotatable bonds is 0. The monoisotopic (exact) mass is 309 g/mol. The molecule has 0 bridgehead atoms. The van der Waals surface area contributed by atoms with Gasteiger partial charge in [0, 0.05) is 0 Å². The summed E-state index contributed by atoms with van der Waals surface area (Å²) in [6, 6.07) is 12.1. The first-order valence-electron chi connectivity index (χ1n) is 7.07. The molecule has 4 heteroatoms. The average molecular weight is 309 g/mol. The topological polar surface area (TPSA) is 42.3 Å². The van der Waals surface area contributed by atoms with Crippen molar-refractivity contribution in [3.8, 4) is 0 Å². The molecule has 3 aromatic rings. The molecule has 0 saturated carbocycles. The van der Waals surface area contributed by atoms with Gasteiger partial charge in [0.1, 0.15) is 0 Å². The number of nitrogens with zero attached hydrogens (tertiary/aromatic N) is 3. The minimum Gasteiger partial charge on any atom is -0.665 e. The van der Waals surface area contributed by atoms with Crippen molar-refractivity contribution in [1.82, 2.24) is 15.0 Å². The van der Waals surface area contributed by atoms with Crippen molar-refractivity contribution in [3.05, 3.63) is 70.6 Å². The van der Waals surface area contributed by atoms with Crippen LogP contribution in [0.4, 0.5) is 0 Å². The van der Waals surface area contributed by atoms with Gasteiger partial charge in [-0.2, -0.15) is 34.2 Å². The van der Waals surface area contributed by atoms with Crippen LogP contribution >= 0.6 is 0 Å². The van der Waals surface area contributed by atoms with Gasteiger partial charge in [-0.1, -0.05) is 77.9 Å². The van der Waals surface area contributed by atoms with Gasteiger partial charge in [0.05, 0.1) is 0 Å². The van der Waals surface area contributed by atoms with Crippen molar-refractivity contribution in [3.63, 3.8) is 0 Å². The molecule has 0 fully saturated rings. The molecule has 0 saturated heterocycles. The number of hydrogen-bond donors (Lipinski definition) is 0. The summed E-state index contributed by atoms with van der Waals surface area (Å²) in [6.45, 7) is 12.0. The Balaban J connectivity index is 0.000000294. The van der Waals surface area contributed by atoms with E-state index in [1.54, 1.807) is 0 Å². The third kappa shape index (κ3) is 8.61. The molecule has 114 valence electrons. The molecule has 0 radical (unpaired) electrons. The van der Waals surface area contributed by atoms with Gasteiger partial charge in [-0.25, -0.2) is 0 Å². The predicted molar refractivity (Wildman–Crippen MR) is 93.5 cm³/mol. The maximum atomic E-state index is 4.11. The molecule has 3 heterocycles. The molecular formula is C18H24AlN3. The van der Waals surface area contributed by atoms with Crippen LogP contribution in [0.1, 0.15) is 34.2 Å². The van der Waals surface area contributed by atoms with E-state index in [1.165, 1.54) is 0 Å². The van der Waals surface area contributed by atoms with Crippen molar-refractivity contribution in [2.45, 2.75) is 41.5 Å². The molecule has 0 aromatic carbocycles. The van der Waals surface area contributed by atoms with Gasteiger partial charge in [-0.3, -0.25) is 0 Å². The van der Waals surface area contributed by atoms with Crippen LogP contribution in [-0.2, 0) is 0 Å². The van der Waals surface area contributed by atoms with Crippen molar-refractivity contribution in [1.29, 1.82) is 0 Å². The molecule has 3 rings (SSSR count). The van der Waals surface area contributed by atoms with Gasteiger partial charge in [-0.05, 0) is 0 Å². The summed E-state index contributed by atoms with van der Waals surface area (Å²) in [5.41, 5.74) is 6.65. The zero-order chi connectivity index (χ0) is 15.8. The van der Waals surface area contributed by atoms with E-state index in [2.05, 4.69) is 15.0 Å². The predicted octanol–water partition coefficient (Wildman–Crippen LogP) is 3.40. The van der Waals surface area contributed by atoms with E-state index in [-0.39, 0.29) is 17.4 Å². The van der Waals surface area contributed by atoms with E-state index in [1.807, 2.05) is 77.9 Å². The first-order valence-corrected chi connectivity index (χ1v) is 7.07. The molecule has 0 aliphatic carbocycles. The quantitative estimate of drug-likeness (QED) is 0.598. The van der Waals surface area contributed by atoms with Gasteiger partial charge in [0.25, 0.3) is 0 Å². The van der Waals surface area contributed by atoms with Crippen LogP contribution in [-0.4, -0.2) is 17.4 Å². The van der Waals surface area contributed by atoms with Crippen LogP contribution < -0.4 is 15.0 Å². The second-order valence-electron chi connectivity index (χ2n) is 5.18. The van der Waals surface area contributed by atoms with E-state index in [9.17, 15) is 0 Å². The Morgan fingerprint density at radius 1 is 0.409 bits per heavy atom. The zero-order valence-corrected chi connectivity index (χ0v) is 15.5. The number of aryl methyl sites for hydroxylation is 6. The summed E-state index contributed by atoms with van der Waals surface area (Å²) < 4.78 is 0. The van der Waals surface area contributed by atoms with Crippen LogP contribution in [0, 0.1) is 41.5 Å². The fourth-order valence-electron chi connectivity index (χ4n) is 1.78. The maximum Gasteiger partial charge on any atom is 3.00 e. The van der Waals surface area contributed by atoms with Crippen molar-refractivity contribution < 1.29 is 0 Å². The van der Waals surface area contributed by atoms with Crippen molar-refractivity contribution in [2.75, 3.05) is 0 Å². The van der Waals surface area contributed by atoms with E-state index in [4.69, 9.17) is 0 Å². The number of hydrogen-bond acceptors (Lipinski definition) is 0. The summed E-state index contributed by atoms with van der Waals surface area (Å²) in [7, 11) is 0. The van der Waals surface area contributed by atoms with Crippen LogP contribution in [0.3, 0.4) is 0 Å². The molecule has 22 heavy (non-hydrogen) atoms. The molecule has 0 aliphatic rings. The standard InChI is InChI=1S/3C6H8N.Al/c3*1-5-3-4-6(2)7-5;/h3*3-4H,1-2H3;/q3*-1;+3. The minimum absolute atomic E-state index is 0. The first kappa shape index (κ1) is 20.4. The van der Waals surface area contributed by atoms with Crippen molar-refractivity contribution in [2.24, 2.45) is 0 Å². The molecular weight excluding hydrogens is 285 g/mol. The molecule has 0 atom stereocenters. The summed E-state index contributed by atoms with van der Waals surface area (Å²) >= 11 is 0. The Labute approximate surface area is 144 Å². The summed E-state index contributed by atoms with van der Waals surface area (Å²) in [5, 5.41) is 0. The third-order valence-corrected chi connectivity index (χ3v) is 2.76. The van der Waals surface area contributed by atoms with Crippen LogP contribution in [0.2, 0.25) is 0 Å². The second kappa shape index (κ2) is 10.2. The van der Waals surface area contributed by atoms with E-state index in [0.29, 0.717) is 0 Å². The minimum atomic E-state index is 0. The Bertz CT molecular complexity index is 506. The van der Waals surface area contributed by atoms with Gasteiger partial charge >= 0.3 is 17.4 Å². The normalized spacial score (nSPS) is 9.00. The molecule has 3 nitrogen and oxygen atoms in total. The fraction of sp³-hybridized carbons (Fsp3) is 0.333. The van der Waals surface area contributed by atoms with Crippen LogP contribution in [0.15, 0.2) is 36.4 Å². The average Bonchev–Trinajstić information content (AvgIpc) is 3.06. The van der Waals surface area contributed by atoms with Crippen LogP contribution in [0.5, 0.6) is 0 Å². The van der Waals surface area contributed by atoms with E-state index in [0.717, 1.165) is 34.2 Å². The molecule has 0 spiro atoms. The maximum absolute atomic E-state index is 4.11. The Hall–Kier alpha value is -1.63. The molecule has 0 N–H and O–H groups in total. The summed E-state index contributed by atoms with van der Waals surface area (Å²) in [5.74, 6) is 0. The first-order chi connectivity index (χ1) is 9.86. The molecule has 0 unspecified atom stereocenters. The Morgan fingerprint density at radius 2 is 0.545 bits per heavy atom. The largest absolute Gasteiger partial charge is 3.00 e. The number of aromatic nitrogens is 3. The third-order valence-electron chi connectivity index (χ3n) is 2.76. The second-order valence-corrected chi connectivity index (χ2v) is 5.18. The van der Waals surface area contributed by atoms with E-state index < -0.39 is 0 Å².